The summed E-state index contributed by atoms with van der Waals surface area (Å²) in [5.74, 6) is 0.502. The molecule has 1 aromatic heterocycles. The van der Waals surface area contributed by atoms with Crippen molar-refractivity contribution in [2.24, 2.45) is 5.10 Å². The molecule has 0 saturated carbocycles. The van der Waals surface area contributed by atoms with Crippen molar-refractivity contribution < 1.29 is 4.92 Å². The maximum atomic E-state index is 11.1. The van der Waals surface area contributed by atoms with Crippen LogP contribution >= 0.6 is 28.1 Å². The fraction of sp³-hybridized carbons (Fsp3) is 0. The Bertz CT molecular complexity index is 995. The smallest absolute Gasteiger partial charge is 0.258 e. The molecular weight excluding hydrogens is 394 g/mol. The van der Waals surface area contributed by atoms with Crippen molar-refractivity contribution in [3.05, 3.63) is 73.5 Å². The van der Waals surface area contributed by atoms with Crippen LogP contribution in [-0.2, 0) is 0 Å². The van der Waals surface area contributed by atoms with Crippen molar-refractivity contribution in [3.63, 3.8) is 0 Å². The molecule has 120 valence electrons. The predicted molar refractivity (Wildman–Crippen MR) is 96.6 cm³/mol. The zero-order valence-electron chi connectivity index (χ0n) is 12.1. The predicted octanol–water partition coefficient (Wildman–Crippen LogP) is 4.16. The van der Waals surface area contributed by atoms with E-state index in [1.807, 2.05) is 24.3 Å². The molecule has 0 fully saturated rings. The summed E-state index contributed by atoms with van der Waals surface area (Å²) in [6, 6.07) is 13.8. The van der Waals surface area contributed by atoms with Crippen LogP contribution in [0.15, 0.2) is 58.1 Å². The third-order valence-corrected chi connectivity index (χ3v) is 4.17. The zero-order chi connectivity index (χ0) is 17.1. The summed E-state index contributed by atoms with van der Waals surface area (Å²) in [6.07, 6.45) is 1.39. The maximum absolute atomic E-state index is 11.1. The first-order valence-corrected chi connectivity index (χ1v) is 7.98. The fourth-order valence-electron chi connectivity index (χ4n) is 2.10. The van der Waals surface area contributed by atoms with Gasteiger partial charge < -0.3 is 0 Å². The standard InChI is InChI=1S/C15H10BrN5O2S/c16-12-7-3-2-6-11(12)14-18-19-15(24)20(14)17-9-10-5-1-4-8-13(10)21(22)23/h1-9H,(H,19,24). The molecule has 1 N–H and O–H groups in total. The van der Waals surface area contributed by atoms with E-state index in [4.69, 9.17) is 12.2 Å². The number of benzene rings is 2. The summed E-state index contributed by atoms with van der Waals surface area (Å²) in [6.45, 7) is 0. The van der Waals surface area contributed by atoms with Gasteiger partial charge in [0.15, 0.2) is 5.82 Å². The number of hydrogen-bond donors (Lipinski definition) is 1. The van der Waals surface area contributed by atoms with Gasteiger partial charge in [0.2, 0.25) is 4.77 Å². The molecule has 0 aliphatic rings. The minimum absolute atomic E-state index is 0.0290. The maximum Gasteiger partial charge on any atom is 0.278 e. The van der Waals surface area contributed by atoms with Crippen LogP contribution in [0.1, 0.15) is 5.56 Å². The average molecular weight is 404 g/mol. The van der Waals surface area contributed by atoms with E-state index in [2.05, 4.69) is 31.2 Å². The van der Waals surface area contributed by atoms with Gasteiger partial charge in [-0.05, 0) is 30.4 Å². The molecule has 0 aliphatic heterocycles. The lowest BCUT2D eigenvalue weighted by Gasteiger charge is -2.03. The molecule has 3 rings (SSSR count). The molecule has 0 amide bonds. The molecule has 0 saturated heterocycles. The molecule has 0 radical (unpaired) electrons. The number of para-hydroxylation sites is 1. The summed E-state index contributed by atoms with van der Waals surface area (Å²) in [4.78, 5) is 10.6. The van der Waals surface area contributed by atoms with Gasteiger partial charge in [-0.3, -0.25) is 10.1 Å². The molecule has 0 bridgehead atoms. The number of halogens is 1. The van der Waals surface area contributed by atoms with Crippen LogP contribution in [0.3, 0.4) is 0 Å². The molecule has 0 spiro atoms. The Morgan fingerprint density at radius 3 is 2.71 bits per heavy atom. The van der Waals surface area contributed by atoms with Crippen molar-refractivity contribution in [2.75, 3.05) is 0 Å². The Balaban J connectivity index is 2.07. The second kappa shape index (κ2) is 6.85. The van der Waals surface area contributed by atoms with Crippen LogP contribution in [0.25, 0.3) is 11.4 Å². The Morgan fingerprint density at radius 1 is 1.25 bits per heavy atom. The molecule has 7 nitrogen and oxygen atoms in total. The van der Waals surface area contributed by atoms with Gasteiger partial charge >= 0.3 is 0 Å². The first kappa shape index (κ1) is 16.2. The molecular formula is C15H10BrN5O2S. The van der Waals surface area contributed by atoms with E-state index in [1.54, 1.807) is 18.2 Å². The number of rotatable bonds is 4. The van der Waals surface area contributed by atoms with Gasteiger partial charge in [0, 0.05) is 16.1 Å². The van der Waals surface area contributed by atoms with Crippen LogP contribution in [0.4, 0.5) is 5.69 Å². The third-order valence-electron chi connectivity index (χ3n) is 3.21. The van der Waals surface area contributed by atoms with Crippen LogP contribution in [0.5, 0.6) is 0 Å². The van der Waals surface area contributed by atoms with Crippen molar-refractivity contribution >= 4 is 40.0 Å². The lowest BCUT2D eigenvalue weighted by atomic mass is 10.2. The molecule has 24 heavy (non-hydrogen) atoms. The highest BCUT2D eigenvalue weighted by molar-refractivity contribution is 9.10. The van der Waals surface area contributed by atoms with Crippen LogP contribution in [0.2, 0.25) is 0 Å². The monoisotopic (exact) mass is 403 g/mol. The fourth-order valence-corrected chi connectivity index (χ4v) is 2.74. The van der Waals surface area contributed by atoms with Gasteiger partial charge in [-0.2, -0.15) is 14.9 Å². The minimum Gasteiger partial charge on any atom is -0.258 e. The number of H-pyrrole nitrogens is 1. The Kier molecular flexibility index (Phi) is 4.63. The van der Waals surface area contributed by atoms with Crippen LogP contribution in [-0.4, -0.2) is 26.0 Å². The van der Waals surface area contributed by atoms with Crippen LogP contribution in [0, 0.1) is 14.9 Å². The van der Waals surface area contributed by atoms with Gasteiger partial charge in [0.1, 0.15) is 0 Å². The second-order valence-electron chi connectivity index (χ2n) is 4.70. The highest BCUT2D eigenvalue weighted by Crippen LogP contribution is 2.26. The molecule has 3 aromatic rings. The minimum atomic E-state index is -0.454. The van der Waals surface area contributed by atoms with E-state index < -0.39 is 4.92 Å². The van der Waals surface area contributed by atoms with E-state index in [0.717, 1.165) is 10.0 Å². The SMILES string of the molecule is O=[N+]([O-])c1ccccc1C=Nn1c(-c2ccccc2Br)n[nH]c1=S. The van der Waals surface area contributed by atoms with Crippen LogP contribution < -0.4 is 0 Å². The Labute approximate surface area is 149 Å². The summed E-state index contributed by atoms with van der Waals surface area (Å²) in [7, 11) is 0. The first-order valence-electron chi connectivity index (χ1n) is 6.78. The van der Waals surface area contributed by atoms with Gasteiger partial charge in [-0.1, -0.05) is 40.2 Å². The Hall–Kier alpha value is -2.65. The summed E-state index contributed by atoms with van der Waals surface area (Å²) < 4.78 is 2.54. The number of nitro benzene ring substituents is 1. The van der Waals surface area contributed by atoms with Gasteiger partial charge in [-0.15, -0.1) is 0 Å². The lowest BCUT2D eigenvalue weighted by Crippen LogP contribution is -1.98. The highest BCUT2D eigenvalue weighted by atomic mass is 79.9. The quantitative estimate of drug-likeness (QED) is 0.306. The number of nitrogens with one attached hydrogen (secondary N) is 1. The first-order chi connectivity index (χ1) is 11.6. The molecule has 1 heterocycles. The largest absolute Gasteiger partial charge is 0.278 e. The van der Waals surface area contributed by atoms with E-state index in [9.17, 15) is 10.1 Å². The summed E-state index contributed by atoms with van der Waals surface area (Å²) in [5.41, 5.74) is 1.15. The van der Waals surface area contributed by atoms with Gasteiger partial charge in [0.05, 0.1) is 16.7 Å². The van der Waals surface area contributed by atoms with E-state index in [-0.39, 0.29) is 10.5 Å². The van der Waals surface area contributed by atoms with Crippen molar-refractivity contribution in [1.82, 2.24) is 14.9 Å². The molecule has 9 heteroatoms. The topological polar surface area (TPSA) is 89.1 Å². The van der Waals surface area contributed by atoms with E-state index in [1.165, 1.54) is 17.0 Å². The number of aromatic amines is 1. The molecule has 0 atom stereocenters. The number of nitro groups is 1. The number of nitrogens with zero attached hydrogens (tertiary/aromatic N) is 4. The van der Waals surface area contributed by atoms with E-state index >= 15 is 0 Å². The highest BCUT2D eigenvalue weighted by Gasteiger charge is 2.13. The molecule has 0 unspecified atom stereocenters. The van der Waals surface area contributed by atoms with Crippen molar-refractivity contribution in [1.29, 1.82) is 0 Å². The van der Waals surface area contributed by atoms with Crippen molar-refractivity contribution in [2.45, 2.75) is 0 Å². The second-order valence-corrected chi connectivity index (χ2v) is 5.95. The van der Waals surface area contributed by atoms with E-state index in [0.29, 0.717) is 11.4 Å². The van der Waals surface area contributed by atoms with Gasteiger partial charge in [-0.25, -0.2) is 5.10 Å². The molecule has 0 aliphatic carbocycles. The normalized spacial score (nSPS) is 11.0. The summed E-state index contributed by atoms with van der Waals surface area (Å²) >= 11 is 8.66. The van der Waals surface area contributed by atoms with Crippen molar-refractivity contribution in [3.8, 4) is 11.4 Å². The molecule has 2 aromatic carbocycles. The summed E-state index contributed by atoms with van der Waals surface area (Å²) in [5, 5.41) is 22.2. The number of aromatic nitrogens is 3. The third kappa shape index (κ3) is 3.17. The van der Waals surface area contributed by atoms with Gasteiger partial charge in [0.25, 0.3) is 5.69 Å². The number of hydrogen-bond acceptors (Lipinski definition) is 5. The lowest BCUT2D eigenvalue weighted by molar-refractivity contribution is -0.385. The average Bonchev–Trinajstić information content (AvgIpc) is 2.94. The Morgan fingerprint density at radius 2 is 1.96 bits per heavy atom. The zero-order valence-corrected chi connectivity index (χ0v) is 14.5.